The largest absolute Gasteiger partial charge is 0.507 e. The molecule has 1 atom stereocenters. The number of esters is 1. The van der Waals surface area contributed by atoms with Gasteiger partial charge in [0.2, 0.25) is 0 Å². The monoisotopic (exact) mass is 642 g/mol. The third-order valence-electron chi connectivity index (χ3n) is 6.36. The Labute approximate surface area is 246 Å². The van der Waals surface area contributed by atoms with Crippen LogP contribution in [-0.4, -0.2) is 59.8 Å². The quantitative estimate of drug-likeness (QED) is 0.123. The van der Waals surface area contributed by atoms with Gasteiger partial charge in [-0.15, -0.1) is 0 Å². The lowest BCUT2D eigenvalue weighted by Gasteiger charge is -2.24. The summed E-state index contributed by atoms with van der Waals surface area (Å²) in [5.41, 5.74) is 0.575. The number of benzene rings is 2. The number of nitrogens with zero attached hydrogens (tertiary/aromatic N) is 2. The Morgan fingerprint density at radius 1 is 1.24 bits per heavy atom. The number of ether oxygens (including phenoxy) is 4. The number of aryl methyl sites for hydroxylation is 1. The molecule has 212 valence electrons. The van der Waals surface area contributed by atoms with Gasteiger partial charge < -0.3 is 29.2 Å². The van der Waals surface area contributed by atoms with Gasteiger partial charge in [-0.05, 0) is 58.7 Å². The van der Waals surface area contributed by atoms with Crippen molar-refractivity contribution in [1.82, 2.24) is 4.98 Å². The standard InChI is InChI=1S/C28H23BrN2O9S/c1-4-7-40-27(36)25-13(2)30-28(41-25)31-21(15-10-16(29)23(33)19(12-15)37-3)20(24(34)26(31)35)22(32)14-5-6-17-18(11-14)39-9-8-38-17/h4-6,10-12,21,32-33H,1,7-9H2,2-3H3/t21-/m0/s1. The van der Waals surface area contributed by atoms with Gasteiger partial charge in [-0.1, -0.05) is 24.0 Å². The minimum Gasteiger partial charge on any atom is -0.507 e. The predicted octanol–water partition coefficient (Wildman–Crippen LogP) is 4.67. The highest BCUT2D eigenvalue weighted by atomic mass is 79.9. The molecule has 0 saturated carbocycles. The molecule has 0 radical (unpaired) electrons. The van der Waals surface area contributed by atoms with Crippen LogP contribution < -0.4 is 19.1 Å². The molecule has 3 heterocycles. The van der Waals surface area contributed by atoms with E-state index >= 15 is 0 Å². The lowest BCUT2D eigenvalue weighted by atomic mass is 9.95. The summed E-state index contributed by atoms with van der Waals surface area (Å²) >= 11 is 4.15. The van der Waals surface area contributed by atoms with Crippen LogP contribution in [0.5, 0.6) is 23.0 Å². The summed E-state index contributed by atoms with van der Waals surface area (Å²) in [6, 6.07) is 6.39. The van der Waals surface area contributed by atoms with Gasteiger partial charge in [0.15, 0.2) is 28.1 Å². The summed E-state index contributed by atoms with van der Waals surface area (Å²) in [6.45, 7) is 5.76. The predicted molar refractivity (Wildman–Crippen MR) is 152 cm³/mol. The molecule has 1 amide bonds. The highest BCUT2D eigenvalue weighted by Crippen LogP contribution is 2.47. The van der Waals surface area contributed by atoms with Crippen molar-refractivity contribution >= 4 is 55.8 Å². The second kappa shape index (κ2) is 11.3. The van der Waals surface area contributed by atoms with Gasteiger partial charge in [0.05, 0.1) is 28.9 Å². The third kappa shape index (κ3) is 5.02. The molecule has 1 aromatic heterocycles. The normalized spacial score (nSPS) is 17.4. The van der Waals surface area contributed by atoms with Gasteiger partial charge in [0, 0.05) is 5.56 Å². The molecular weight excluding hydrogens is 620 g/mol. The van der Waals surface area contributed by atoms with Crippen LogP contribution in [0.1, 0.15) is 32.5 Å². The molecule has 3 aromatic rings. The van der Waals surface area contributed by atoms with Crippen LogP contribution in [0.25, 0.3) is 5.76 Å². The molecule has 0 aliphatic carbocycles. The number of hydrogen-bond donors (Lipinski definition) is 2. The maximum Gasteiger partial charge on any atom is 0.350 e. The first-order chi connectivity index (χ1) is 19.7. The highest BCUT2D eigenvalue weighted by Gasteiger charge is 2.49. The molecule has 1 saturated heterocycles. The number of carbonyl (C=O) groups excluding carboxylic acids is 3. The van der Waals surface area contributed by atoms with Crippen molar-refractivity contribution in [2.24, 2.45) is 0 Å². The van der Waals surface area contributed by atoms with E-state index in [1.807, 2.05) is 0 Å². The van der Waals surface area contributed by atoms with E-state index in [9.17, 15) is 24.6 Å². The molecular formula is C28H23BrN2O9S. The number of aromatic hydroxyl groups is 1. The summed E-state index contributed by atoms with van der Waals surface area (Å²) in [6.07, 6.45) is 1.42. The SMILES string of the molecule is C=CCOC(=O)c1sc(N2C(=O)C(=O)C(=C(O)c3ccc4c(c3)OCCO4)[C@@H]2c2cc(Br)c(O)c(OC)c2)nc1C. The van der Waals surface area contributed by atoms with Crippen LogP contribution in [0.2, 0.25) is 0 Å². The van der Waals surface area contributed by atoms with Gasteiger partial charge in [0.25, 0.3) is 5.78 Å². The Bertz CT molecular complexity index is 1630. The number of phenolic OH excluding ortho intramolecular Hbond substituents is 1. The molecule has 2 N–H and O–H groups in total. The van der Waals surface area contributed by atoms with E-state index in [0.29, 0.717) is 30.3 Å². The summed E-state index contributed by atoms with van der Waals surface area (Å²) in [7, 11) is 1.35. The molecule has 2 aliphatic heterocycles. The molecule has 2 aliphatic rings. The molecule has 1 fully saturated rings. The first kappa shape index (κ1) is 28.2. The fourth-order valence-corrected chi connectivity index (χ4v) is 5.92. The zero-order valence-electron chi connectivity index (χ0n) is 21.8. The number of Topliss-reactive ketones (excluding diaryl/α,β-unsaturated/α-hetero) is 1. The van der Waals surface area contributed by atoms with E-state index in [1.54, 1.807) is 19.1 Å². The minimum atomic E-state index is -1.21. The zero-order chi connectivity index (χ0) is 29.4. The zero-order valence-corrected chi connectivity index (χ0v) is 24.2. The molecule has 5 rings (SSSR count). The smallest absolute Gasteiger partial charge is 0.350 e. The van der Waals surface area contributed by atoms with Gasteiger partial charge >= 0.3 is 11.9 Å². The Hall–Kier alpha value is -4.36. The van der Waals surface area contributed by atoms with Crippen molar-refractivity contribution in [3.8, 4) is 23.0 Å². The summed E-state index contributed by atoms with van der Waals surface area (Å²) < 4.78 is 21.8. The molecule has 41 heavy (non-hydrogen) atoms. The maximum atomic E-state index is 13.6. The van der Waals surface area contributed by atoms with E-state index in [-0.39, 0.29) is 49.4 Å². The molecule has 0 bridgehead atoms. The number of thiazole rings is 1. The number of aliphatic hydroxyl groups is 1. The number of fused-ring (bicyclic) bond motifs is 1. The van der Waals surface area contributed by atoms with Crippen LogP contribution in [0, 0.1) is 6.92 Å². The number of anilines is 1. The number of amides is 1. The number of ketones is 1. The number of phenols is 1. The minimum absolute atomic E-state index is 0.0209. The topological polar surface area (TPSA) is 145 Å². The second-order valence-corrected chi connectivity index (χ2v) is 10.7. The van der Waals surface area contributed by atoms with E-state index in [0.717, 1.165) is 16.2 Å². The Kier molecular flexibility index (Phi) is 7.74. The fraction of sp³-hybridized carbons (Fsp3) is 0.214. The van der Waals surface area contributed by atoms with Crippen molar-refractivity contribution in [2.75, 3.05) is 31.8 Å². The van der Waals surface area contributed by atoms with Crippen molar-refractivity contribution < 1.29 is 43.5 Å². The lowest BCUT2D eigenvalue weighted by molar-refractivity contribution is -0.132. The number of aromatic nitrogens is 1. The Balaban J connectivity index is 1.70. The van der Waals surface area contributed by atoms with E-state index in [2.05, 4.69) is 27.5 Å². The van der Waals surface area contributed by atoms with Gasteiger partial charge in [-0.3, -0.25) is 14.5 Å². The van der Waals surface area contributed by atoms with Crippen LogP contribution >= 0.6 is 27.3 Å². The van der Waals surface area contributed by atoms with Crippen molar-refractivity contribution in [1.29, 1.82) is 0 Å². The molecule has 13 heteroatoms. The number of aliphatic hydroxyl groups excluding tert-OH is 1. The number of methoxy groups -OCH3 is 1. The van der Waals surface area contributed by atoms with Crippen molar-refractivity contribution in [3.63, 3.8) is 0 Å². The Morgan fingerprint density at radius 3 is 2.68 bits per heavy atom. The summed E-state index contributed by atoms with van der Waals surface area (Å²) in [5.74, 6) is -2.36. The average Bonchev–Trinajstić information content (AvgIpc) is 3.48. The van der Waals surface area contributed by atoms with Crippen LogP contribution in [-0.2, 0) is 14.3 Å². The van der Waals surface area contributed by atoms with Crippen LogP contribution in [0.3, 0.4) is 0 Å². The van der Waals surface area contributed by atoms with Gasteiger partial charge in [-0.2, -0.15) is 0 Å². The third-order valence-corrected chi connectivity index (χ3v) is 8.10. The highest BCUT2D eigenvalue weighted by molar-refractivity contribution is 9.10. The van der Waals surface area contributed by atoms with Gasteiger partial charge in [0.1, 0.15) is 30.5 Å². The molecule has 11 nitrogen and oxygen atoms in total. The van der Waals surface area contributed by atoms with Crippen molar-refractivity contribution in [3.05, 3.63) is 74.7 Å². The maximum absolute atomic E-state index is 13.6. The van der Waals surface area contributed by atoms with Crippen molar-refractivity contribution in [2.45, 2.75) is 13.0 Å². The molecule has 0 unspecified atom stereocenters. The average molecular weight is 643 g/mol. The van der Waals surface area contributed by atoms with E-state index in [4.69, 9.17) is 18.9 Å². The van der Waals surface area contributed by atoms with Crippen LogP contribution in [0.15, 0.2) is 53.0 Å². The lowest BCUT2D eigenvalue weighted by Crippen LogP contribution is -2.29. The number of rotatable bonds is 7. The first-order valence-electron chi connectivity index (χ1n) is 12.2. The first-order valence-corrected chi connectivity index (χ1v) is 13.8. The molecule has 2 aromatic carbocycles. The second-order valence-electron chi connectivity index (χ2n) is 8.88. The summed E-state index contributed by atoms with van der Waals surface area (Å²) in [4.78, 5) is 45.4. The Morgan fingerprint density at radius 2 is 1.98 bits per heavy atom. The number of carbonyl (C=O) groups is 3. The summed E-state index contributed by atoms with van der Waals surface area (Å²) in [5, 5.41) is 21.9. The van der Waals surface area contributed by atoms with Gasteiger partial charge in [-0.25, -0.2) is 9.78 Å². The van der Waals surface area contributed by atoms with Crippen LogP contribution in [0.4, 0.5) is 5.13 Å². The molecule has 0 spiro atoms. The number of hydrogen-bond acceptors (Lipinski definition) is 11. The van der Waals surface area contributed by atoms with E-state index < -0.39 is 29.5 Å². The fourth-order valence-electron chi connectivity index (χ4n) is 4.47. The van der Waals surface area contributed by atoms with E-state index in [1.165, 1.54) is 31.4 Å². The number of halogens is 1.